The fourth-order valence-corrected chi connectivity index (χ4v) is 4.45. The fourth-order valence-electron chi connectivity index (χ4n) is 3.27. The SMILES string of the molecule is CCC1CN(C(=NC)NCC2(N(C)C)CCOCC2)CCS1. The number of guanidine groups is 1. The average Bonchev–Trinajstić information content (AvgIpc) is 2.56. The van der Waals surface area contributed by atoms with Crippen LogP contribution in [0, 0.1) is 0 Å². The van der Waals surface area contributed by atoms with Crippen molar-refractivity contribution < 1.29 is 4.74 Å². The molecule has 0 spiro atoms. The maximum atomic E-state index is 5.56. The lowest BCUT2D eigenvalue weighted by atomic mass is 9.88. The van der Waals surface area contributed by atoms with Crippen molar-refractivity contribution in [1.82, 2.24) is 15.1 Å². The number of ether oxygens (including phenoxy) is 1. The van der Waals surface area contributed by atoms with Crippen molar-refractivity contribution in [3.63, 3.8) is 0 Å². The monoisotopic (exact) mass is 328 g/mol. The van der Waals surface area contributed by atoms with E-state index in [-0.39, 0.29) is 5.54 Å². The van der Waals surface area contributed by atoms with E-state index in [4.69, 9.17) is 4.74 Å². The number of rotatable bonds is 4. The van der Waals surface area contributed by atoms with E-state index in [9.17, 15) is 0 Å². The number of aliphatic imine (C=N–C) groups is 1. The van der Waals surface area contributed by atoms with Crippen LogP contribution in [0.15, 0.2) is 4.99 Å². The van der Waals surface area contributed by atoms with Crippen LogP contribution in [0.4, 0.5) is 0 Å². The van der Waals surface area contributed by atoms with Crippen LogP contribution in [-0.2, 0) is 4.74 Å². The first kappa shape index (κ1) is 17.9. The van der Waals surface area contributed by atoms with Gasteiger partial charge in [-0.15, -0.1) is 0 Å². The van der Waals surface area contributed by atoms with Gasteiger partial charge in [0.2, 0.25) is 0 Å². The lowest BCUT2D eigenvalue weighted by Gasteiger charge is -2.44. The molecule has 6 heteroatoms. The largest absolute Gasteiger partial charge is 0.381 e. The van der Waals surface area contributed by atoms with E-state index in [0.717, 1.165) is 56.9 Å². The van der Waals surface area contributed by atoms with Gasteiger partial charge in [0, 0.05) is 56.4 Å². The summed E-state index contributed by atoms with van der Waals surface area (Å²) in [6, 6.07) is 0. The van der Waals surface area contributed by atoms with Gasteiger partial charge < -0.3 is 19.9 Å². The summed E-state index contributed by atoms with van der Waals surface area (Å²) in [5, 5.41) is 4.38. The number of likely N-dealkylation sites (N-methyl/N-ethyl adjacent to an activating group) is 1. The summed E-state index contributed by atoms with van der Waals surface area (Å²) in [6.07, 6.45) is 3.39. The molecule has 0 amide bonds. The molecular formula is C16H32N4OS. The van der Waals surface area contributed by atoms with Gasteiger partial charge in [-0.05, 0) is 33.4 Å². The van der Waals surface area contributed by atoms with Gasteiger partial charge in [0.05, 0.1) is 0 Å². The first-order valence-electron chi connectivity index (χ1n) is 8.43. The van der Waals surface area contributed by atoms with E-state index in [1.807, 2.05) is 7.05 Å². The topological polar surface area (TPSA) is 40.1 Å². The quantitative estimate of drug-likeness (QED) is 0.626. The summed E-state index contributed by atoms with van der Waals surface area (Å²) >= 11 is 2.10. The molecule has 0 radical (unpaired) electrons. The Morgan fingerprint density at radius 2 is 2.14 bits per heavy atom. The molecule has 0 aromatic rings. The van der Waals surface area contributed by atoms with Gasteiger partial charge in [-0.2, -0.15) is 11.8 Å². The standard InChI is InChI=1S/C16H32N4OS/c1-5-14-12-20(8-11-22-14)15(17-2)18-13-16(19(3)4)6-9-21-10-7-16/h14H,5-13H2,1-4H3,(H,17,18). The van der Waals surface area contributed by atoms with Crippen LogP contribution in [0.1, 0.15) is 26.2 Å². The molecule has 22 heavy (non-hydrogen) atoms. The minimum Gasteiger partial charge on any atom is -0.381 e. The van der Waals surface area contributed by atoms with Crippen molar-refractivity contribution in [2.45, 2.75) is 37.0 Å². The van der Waals surface area contributed by atoms with Gasteiger partial charge in [0.15, 0.2) is 5.96 Å². The summed E-state index contributed by atoms with van der Waals surface area (Å²) in [4.78, 5) is 9.31. The van der Waals surface area contributed by atoms with Crippen LogP contribution < -0.4 is 5.32 Å². The molecule has 1 unspecified atom stereocenters. The fraction of sp³-hybridized carbons (Fsp3) is 0.938. The normalized spacial score (nSPS) is 26.3. The van der Waals surface area contributed by atoms with Crippen molar-refractivity contribution in [2.24, 2.45) is 4.99 Å². The summed E-state index contributed by atoms with van der Waals surface area (Å²) in [6.45, 7) is 7.14. The summed E-state index contributed by atoms with van der Waals surface area (Å²) < 4.78 is 5.56. The lowest BCUT2D eigenvalue weighted by molar-refractivity contribution is -0.00525. The molecule has 2 rings (SSSR count). The van der Waals surface area contributed by atoms with Gasteiger partial charge in [-0.25, -0.2) is 0 Å². The Morgan fingerprint density at radius 1 is 1.41 bits per heavy atom. The zero-order valence-corrected chi connectivity index (χ0v) is 15.4. The Balaban J connectivity index is 1.95. The van der Waals surface area contributed by atoms with Gasteiger partial charge >= 0.3 is 0 Å². The first-order chi connectivity index (χ1) is 10.6. The highest BCUT2D eigenvalue weighted by Gasteiger charge is 2.35. The molecule has 5 nitrogen and oxygen atoms in total. The van der Waals surface area contributed by atoms with Crippen LogP contribution in [0.25, 0.3) is 0 Å². The number of nitrogens with zero attached hydrogens (tertiary/aromatic N) is 3. The van der Waals surface area contributed by atoms with E-state index in [0.29, 0.717) is 0 Å². The Kier molecular flexibility index (Phi) is 6.84. The van der Waals surface area contributed by atoms with E-state index in [1.165, 1.54) is 12.2 Å². The predicted octanol–water partition coefficient (Wildman–Crippen LogP) is 1.50. The highest BCUT2D eigenvalue weighted by atomic mass is 32.2. The third-order valence-corrected chi connectivity index (χ3v) is 6.43. The first-order valence-corrected chi connectivity index (χ1v) is 9.48. The zero-order valence-electron chi connectivity index (χ0n) is 14.6. The second-order valence-electron chi connectivity index (χ2n) is 6.48. The van der Waals surface area contributed by atoms with Crippen LogP contribution >= 0.6 is 11.8 Å². The molecule has 0 bridgehead atoms. The molecule has 2 heterocycles. The van der Waals surface area contributed by atoms with Crippen molar-refractivity contribution in [3.8, 4) is 0 Å². The molecule has 2 saturated heterocycles. The summed E-state index contributed by atoms with van der Waals surface area (Å²) in [5.74, 6) is 2.26. The van der Waals surface area contributed by atoms with E-state index < -0.39 is 0 Å². The maximum absolute atomic E-state index is 5.56. The molecule has 2 aliphatic heterocycles. The van der Waals surface area contributed by atoms with Crippen LogP contribution in [-0.4, -0.2) is 86.3 Å². The number of thioether (sulfide) groups is 1. The average molecular weight is 329 g/mol. The molecule has 0 aliphatic carbocycles. The second-order valence-corrected chi connectivity index (χ2v) is 7.89. The Hall–Kier alpha value is -0.460. The van der Waals surface area contributed by atoms with Gasteiger partial charge in [-0.1, -0.05) is 6.92 Å². The van der Waals surface area contributed by atoms with E-state index >= 15 is 0 Å². The van der Waals surface area contributed by atoms with Gasteiger partial charge in [-0.3, -0.25) is 4.99 Å². The smallest absolute Gasteiger partial charge is 0.193 e. The van der Waals surface area contributed by atoms with Crippen molar-refractivity contribution in [1.29, 1.82) is 0 Å². The highest BCUT2D eigenvalue weighted by Crippen LogP contribution is 2.25. The second kappa shape index (κ2) is 8.41. The van der Waals surface area contributed by atoms with Crippen LogP contribution in [0.3, 0.4) is 0 Å². The molecule has 2 aliphatic rings. The van der Waals surface area contributed by atoms with Gasteiger partial charge in [0.25, 0.3) is 0 Å². The zero-order chi connectivity index (χ0) is 16.0. The van der Waals surface area contributed by atoms with Crippen molar-refractivity contribution >= 4 is 17.7 Å². The highest BCUT2D eigenvalue weighted by molar-refractivity contribution is 8.00. The molecule has 1 N–H and O–H groups in total. The van der Waals surface area contributed by atoms with Crippen LogP contribution in [0.5, 0.6) is 0 Å². The Labute approximate surface area is 139 Å². The molecule has 0 aromatic carbocycles. The van der Waals surface area contributed by atoms with Crippen molar-refractivity contribution in [2.75, 3.05) is 59.7 Å². The number of hydrogen-bond donors (Lipinski definition) is 1. The number of nitrogens with one attached hydrogen (secondary N) is 1. The van der Waals surface area contributed by atoms with E-state index in [1.54, 1.807) is 0 Å². The third-order valence-electron chi connectivity index (χ3n) is 5.05. The minimum absolute atomic E-state index is 0.183. The molecule has 128 valence electrons. The van der Waals surface area contributed by atoms with E-state index in [2.05, 4.69) is 52.9 Å². The predicted molar refractivity (Wildman–Crippen MR) is 95.9 cm³/mol. The Morgan fingerprint density at radius 3 is 2.73 bits per heavy atom. The molecule has 0 saturated carbocycles. The minimum atomic E-state index is 0.183. The Bertz CT molecular complexity index is 369. The van der Waals surface area contributed by atoms with Gasteiger partial charge in [0.1, 0.15) is 0 Å². The lowest BCUT2D eigenvalue weighted by Crippen LogP contribution is -2.58. The van der Waals surface area contributed by atoms with Crippen LogP contribution in [0.2, 0.25) is 0 Å². The third kappa shape index (κ3) is 4.30. The molecule has 0 aromatic heterocycles. The summed E-state index contributed by atoms with van der Waals surface area (Å²) in [7, 11) is 6.26. The summed E-state index contributed by atoms with van der Waals surface area (Å²) in [5.41, 5.74) is 0.183. The molecular weight excluding hydrogens is 296 g/mol. The molecule has 2 fully saturated rings. The number of hydrogen-bond acceptors (Lipinski definition) is 4. The maximum Gasteiger partial charge on any atom is 0.193 e. The molecule has 1 atom stereocenters. The van der Waals surface area contributed by atoms with Crippen molar-refractivity contribution in [3.05, 3.63) is 0 Å².